The number of likely N-dealkylation sites (tertiary alicyclic amines) is 1. The molecule has 0 N–H and O–H groups in total. The van der Waals surface area contributed by atoms with Gasteiger partial charge in [-0.1, -0.05) is 22.0 Å². The van der Waals surface area contributed by atoms with Gasteiger partial charge in [0.05, 0.1) is 4.88 Å². The summed E-state index contributed by atoms with van der Waals surface area (Å²) in [6, 6.07) is 3.84. The molecule has 4 heteroatoms. The van der Waals surface area contributed by atoms with Crippen molar-refractivity contribution in [2.75, 3.05) is 18.4 Å². The molecule has 2 heterocycles. The van der Waals surface area contributed by atoms with Crippen LogP contribution in [0.2, 0.25) is 0 Å². The molecular weight excluding hydrogens is 274 g/mol. The molecule has 0 saturated carbocycles. The second-order valence-electron chi connectivity index (χ2n) is 3.87. The number of hydrogen-bond acceptors (Lipinski definition) is 2. The summed E-state index contributed by atoms with van der Waals surface area (Å²) in [5.74, 6) is 0.954. The van der Waals surface area contributed by atoms with Crippen LogP contribution in [0.25, 0.3) is 0 Å². The van der Waals surface area contributed by atoms with E-state index in [9.17, 15) is 4.79 Å². The lowest BCUT2D eigenvalue weighted by Crippen LogP contribution is -2.38. The molecule has 2 rings (SSSR count). The molecule has 1 aliphatic heterocycles. The van der Waals surface area contributed by atoms with Crippen molar-refractivity contribution in [2.45, 2.75) is 12.8 Å². The average molecular weight is 288 g/mol. The van der Waals surface area contributed by atoms with Gasteiger partial charge in [0.25, 0.3) is 5.91 Å². The van der Waals surface area contributed by atoms with Crippen molar-refractivity contribution < 1.29 is 4.79 Å². The Kier molecular flexibility index (Phi) is 3.81. The lowest BCUT2D eigenvalue weighted by Gasteiger charge is -2.30. The SMILES string of the molecule is O=C(c1cccs1)N1CCC(CBr)CC1. The summed E-state index contributed by atoms with van der Waals surface area (Å²) in [6.45, 7) is 1.82. The van der Waals surface area contributed by atoms with Crippen molar-refractivity contribution in [3.63, 3.8) is 0 Å². The van der Waals surface area contributed by atoms with Crippen molar-refractivity contribution in [3.8, 4) is 0 Å². The van der Waals surface area contributed by atoms with Crippen LogP contribution in [0.15, 0.2) is 17.5 Å². The minimum Gasteiger partial charge on any atom is -0.338 e. The molecule has 1 aromatic heterocycles. The topological polar surface area (TPSA) is 20.3 Å². The van der Waals surface area contributed by atoms with E-state index in [1.54, 1.807) is 0 Å². The van der Waals surface area contributed by atoms with Crippen LogP contribution in [0.4, 0.5) is 0 Å². The third-order valence-corrected chi connectivity index (χ3v) is 4.63. The van der Waals surface area contributed by atoms with Gasteiger partial charge in [-0.2, -0.15) is 0 Å². The summed E-state index contributed by atoms with van der Waals surface area (Å²) in [5, 5.41) is 3.02. The molecule has 1 fully saturated rings. The number of carbonyl (C=O) groups is 1. The first-order chi connectivity index (χ1) is 7.31. The molecule has 0 radical (unpaired) electrons. The molecule has 1 saturated heterocycles. The monoisotopic (exact) mass is 287 g/mol. The highest BCUT2D eigenvalue weighted by Crippen LogP contribution is 2.21. The molecule has 0 spiro atoms. The molecule has 0 aliphatic carbocycles. The minimum absolute atomic E-state index is 0.207. The third kappa shape index (κ3) is 2.61. The average Bonchev–Trinajstić information content (AvgIpc) is 2.82. The quantitative estimate of drug-likeness (QED) is 0.766. The standard InChI is InChI=1S/C11H14BrNOS/c12-8-9-3-5-13(6-4-9)11(14)10-2-1-7-15-10/h1-2,7,9H,3-6,8H2. The van der Waals surface area contributed by atoms with Crippen LogP contribution in [-0.4, -0.2) is 29.2 Å². The normalized spacial score (nSPS) is 18.1. The Balaban J connectivity index is 1.93. The summed E-state index contributed by atoms with van der Waals surface area (Å²) in [7, 11) is 0. The lowest BCUT2D eigenvalue weighted by atomic mass is 9.99. The Morgan fingerprint density at radius 2 is 2.27 bits per heavy atom. The van der Waals surface area contributed by atoms with Gasteiger partial charge in [-0.3, -0.25) is 4.79 Å². The number of nitrogens with zero attached hydrogens (tertiary/aromatic N) is 1. The van der Waals surface area contributed by atoms with E-state index < -0.39 is 0 Å². The van der Waals surface area contributed by atoms with E-state index in [0.29, 0.717) is 0 Å². The van der Waals surface area contributed by atoms with Gasteiger partial charge >= 0.3 is 0 Å². The number of halogens is 1. The number of rotatable bonds is 2. The van der Waals surface area contributed by atoms with Crippen LogP contribution < -0.4 is 0 Å². The fraction of sp³-hybridized carbons (Fsp3) is 0.545. The summed E-state index contributed by atoms with van der Waals surface area (Å²) < 4.78 is 0. The Morgan fingerprint density at radius 3 is 2.80 bits per heavy atom. The maximum absolute atomic E-state index is 12.0. The van der Waals surface area contributed by atoms with Crippen molar-refractivity contribution in [1.82, 2.24) is 4.90 Å². The molecule has 0 atom stereocenters. The maximum Gasteiger partial charge on any atom is 0.263 e. The third-order valence-electron chi connectivity index (χ3n) is 2.85. The van der Waals surface area contributed by atoms with Crippen molar-refractivity contribution in [2.24, 2.45) is 5.92 Å². The molecule has 82 valence electrons. The molecule has 15 heavy (non-hydrogen) atoms. The fourth-order valence-corrected chi connectivity index (χ4v) is 3.18. The fourth-order valence-electron chi connectivity index (χ4n) is 1.85. The molecular formula is C11H14BrNOS. The van der Waals surface area contributed by atoms with E-state index in [1.807, 2.05) is 22.4 Å². The van der Waals surface area contributed by atoms with Crippen LogP contribution >= 0.6 is 27.3 Å². The molecule has 2 nitrogen and oxygen atoms in total. The van der Waals surface area contributed by atoms with Gasteiger partial charge in [-0.15, -0.1) is 11.3 Å². The predicted molar refractivity (Wildman–Crippen MR) is 66.7 cm³/mol. The lowest BCUT2D eigenvalue weighted by molar-refractivity contribution is 0.0704. The van der Waals surface area contributed by atoms with Crippen molar-refractivity contribution in [1.29, 1.82) is 0 Å². The van der Waals surface area contributed by atoms with Gasteiger partial charge in [0.2, 0.25) is 0 Å². The van der Waals surface area contributed by atoms with Gasteiger partial charge in [-0.05, 0) is 30.2 Å². The number of piperidine rings is 1. The number of carbonyl (C=O) groups excluding carboxylic acids is 1. The van der Waals surface area contributed by atoms with Crippen LogP contribution in [0, 0.1) is 5.92 Å². The number of alkyl halides is 1. The first-order valence-corrected chi connectivity index (χ1v) is 7.20. The zero-order valence-electron chi connectivity index (χ0n) is 8.49. The Labute approximate surface area is 102 Å². The Bertz CT molecular complexity index is 317. The van der Waals surface area contributed by atoms with Gasteiger partial charge < -0.3 is 4.90 Å². The van der Waals surface area contributed by atoms with Crippen LogP contribution in [0.5, 0.6) is 0 Å². The van der Waals surface area contributed by atoms with Gasteiger partial charge in [0.15, 0.2) is 0 Å². The van der Waals surface area contributed by atoms with E-state index in [2.05, 4.69) is 15.9 Å². The number of thiophene rings is 1. The van der Waals surface area contributed by atoms with Crippen LogP contribution in [-0.2, 0) is 0 Å². The number of amides is 1. The van der Waals surface area contributed by atoms with E-state index in [4.69, 9.17) is 0 Å². The minimum atomic E-state index is 0.207. The van der Waals surface area contributed by atoms with Crippen molar-refractivity contribution in [3.05, 3.63) is 22.4 Å². The Hall–Kier alpha value is -0.350. The van der Waals surface area contributed by atoms with Crippen LogP contribution in [0.1, 0.15) is 22.5 Å². The van der Waals surface area contributed by atoms with E-state index in [0.717, 1.165) is 42.1 Å². The Morgan fingerprint density at radius 1 is 1.53 bits per heavy atom. The molecule has 1 aliphatic rings. The predicted octanol–water partition coefficient (Wildman–Crippen LogP) is 3.00. The van der Waals surface area contributed by atoms with Crippen LogP contribution in [0.3, 0.4) is 0 Å². The van der Waals surface area contributed by atoms with E-state index >= 15 is 0 Å². The highest BCUT2D eigenvalue weighted by molar-refractivity contribution is 9.09. The summed E-state index contributed by atoms with van der Waals surface area (Å²) in [5.41, 5.74) is 0. The highest BCUT2D eigenvalue weighted by atomic mass is 79.9. The largest absolute Gasteiger partial charge is 0.338 e. The van der Waals surface area contributed by atoms with Crippen molar-refractivity contribution >= 4 is 33.2 Å². The van der Waals surface area contributed by atoms with Gasteiger partial charge in [-0.25, -0.2) is 0 Å². The van der Waals surface area contributed by atoms with Gasteiger partial charge in [0.1, 0.15) is 0 Å². The molecule has 1 amide bonds. The summed E-state index contributed by atoms with van der Waals surface area (Å²) in [4.78, 5) is 14.8. The highest BCUT2D eigenvalue weighted by Gasteiger charge is 2.23. The molecule has 0 bridgehead atoms. The summed E-state index contributed by atoms with van der Waals surface area (Å²) in [6.07, 6.45) is 2.25. The second kappa shape index (κ2) is 5.12. The smallest absolute Gasteiger partial charge is 0.263 e. The second-order valence-corrected chi connectivity index (χ2v) is 5.46. The van der Waals surface area contributed by atoms with E-state index in [-0.39, 0.29) is 5.91 Å². The first kappa shape index (κ1) is 11.1. The zero-order valence-corrected chi connectivity index (χ0v) is 10.9. The maximum atomic E-state index is 12.0. The number of hydrogen-bond donors (Lipinski definition) is 0. The zero-order chi connectivity index (χ0) is 10.7. The van der Waals surface area contributed by atoms with Gasteiger partial charge in [0, 0.05) is 18.4 Å². The molecule has 1 aromatic rings. The molecule has 0 unspecified atom stereocenters. The summed E-state index contributed by atoms with van der Waals surface area (Å²) >= 11 is 5.04. The first-order valence-electron chi connectivity index (χ1n) is 5.20. The molecule has 0 aromatic carbocycles. The van der Waals surface area contributed by atoms with E-state index in [1.165, 1.54) is 11.3 Å².